The van der Waals surface area contributed by atoms with Crippen molar-refractivity contribution in [3.63, 3.8) is 0 Å². The van der Waals surface area contributed by atoms with E-state index in [1.807, 2.05) is 0 Å². The summed E-state index contributed by atoms with van der Waals surface area (Å²) in [5, 5.41) is 12.5. The maximum absolute atomic E-state index is 9.80. The fraction of sp³-hybridized carbons (Fsp3) is 1.00. The number of hydrogen-bond donors (Lipinski definition) is 1. The van der Waals surface area contributed by atoms with Crippen LogP contribution in [0.3, 0.4) is 0 Å². The average molecular weight is 146 g/mol. The Kier molecular flexibility index (Phi) is 6.06. The molecule has 0 fully saturated rings. The first kappa shape index (κ1) is 9.36. The summed E-state index contributed by atoms with van der Waals surface area (Å²) in [6.07, 6.45) is 2.69. The zero-order valence-electron chi connectivity index (χ0n) is 6.29. The first-order valence-electron chi connectivity index (χ1n) is 3.46. The van der Waals surface area contributed by atoms with Gasteiger partial charge in [-0.05, 0) is 19.3 Å². The van der Waals surface area contributed by atoms with Crippen molar-refractivity contribution in [2.24, 2.45) is 5.29 Å². The number of aliphatic hydroxyl groups excluding tert-OH is 1. The molecule has 0 saturated heterocycles. The fourth-order valence-electron chi connectivity index (χ4n) is 0.670. The van der Waals surface area contributed by atoms with Gasteiger partial charge in [0, 0.05) is 20.2 Å². The van der Waals surface area contributed by atoms with Gasteiger partial charge < -0.3 is 5.11 Å². The number of hydrogen-bond acceptors (Lipinski definition) is 3. The predicted molar refractivity (Wildman–Crippen MR) is 39.4 cm³/mol. The summed E-state index contributed by atoms with van der Waals surface area (Å²) in [5.41, 5.74) is 0. The molecule has 0 unspecified atom stereocenters. The minimum atomic E-state index is 0.234. The number of nitrogens with zero attached hydrogens (tertiary/aromatic N) is 2. The summed E-state index contributed by atoms with van der Waals surface area (Å²) in [6.45, 7) is 0.918. The molecule has 4 heteroatoms. The maximum Gasteiger partial charge on any atom is 0.0521 e. The molecule has 10 heavy (non-hydrogen) atoms. The summed E-state index contributed by atoms with van der Waals surface area (Å²) < 4.78 is 0. The monoisotopic (exact) mass is 146 g/mol. The van der Waals surface area contributed by atoms with E-state index in [2.05, 4.69) is 5.29 Å². The fourth-order valence-corrected chi connectivity index (χ4v) is 0.670. The lowest BCUT2D eigenvalue weighted by Crippen LogP contribution is -2.11. The van der Waals surface area contributed by atoms with Crippen LogP contribution in [0.4, 0.5) is 0 Å². The van der Waals surface area contributed by atoms with Crippen molar-refractivity contribution in [1.82, 2.24) is 5.01 Å². The van der Waals surface area contributed by atoms with Crippen LogP contribution in [0.25, 0.3) is 0 Å². The van der Waals surface area contributed by atoms with Crippen molar-refractivity contribution >= 4 is 0 Å². The third kappa shape index (κ3) is 5.50. The molecular weight excluding hydrogens is 132 g/mol. The highest BCUT2D eigenvalue weighted by molar-refractivity contribution is 4.45. The van der Waals surface area contributed by atoms with Crippen LogP contribution in [-0.4, -0.2) is 30.3 Å². The molecule has 0 heterocycles. The minimum absolute atomic E-state index is 0.234. The molecule has 0 saturated carbocycles. The van der Waals surface area contributed by atoms with Gasteiger partial charge in [0.2, 0.25) is 0 Å². The summed E-state index contributed by atoms with van der Waals surface area (Å²) in [5.74, 6) is 0. The summed E-state index contributed by atoms with van der Waals surface area (Å²) in [7, 11) is 1.64. The second-order valence-electron chi connectivity index (χ2n) is 2.25. The Labute approximate surface area is 60.8 Å². The molecular formula is C6H14N2O2. The third-order valence-corrected chi connectivity index (χ3v) is 1.28. The molecule has 0 aromatic heterocycles. The zero-order chi connectivity index (χ0) is 7.82. The Hall–Kier alpha value is -0.640. The number of unbranched alkanes of at least 4 members (excludes halogenated alkanes) is 2. The van der Waals surface area contributed by atoms with E-state index < -0.39 is 0 Å². The van der Waals surface area contributed by atoms with Crippen LogP contribution in [0.5, 0.6) is 0 Å². The Balaban J connectivity index is 2.95. The van der Waals surface area contributed by atoms with E-state index in [-0.39, 0.29) is 6.61 Å². The van der Waals surface area contributed by atoms with Gasteiger partial charge in [0.25, 0.3) is 0 Å². The molecule has 0 aliphatic rings. The van der Waals surface area contributed by atoms with E-state index in [0.717, 1.165) is 19.3 Å². The lowest BCUT2D eigenvalue weighted by molar-refractivity contribution is 0.274. The number of aliphatic hydroxyl groups is 1. The van der Waals surface area contributed by atoms with Gasteiger partial charge in [-0.15, -0.1) is 4.91 Å². The lowest BCUT2D eigenvalue weighted by Gasteiger charge is -2.06. The molecule has 4 nitrogen and oxygen atoms in total. The highest BCUT2D eigenvalue weighted by Gasteiger charge is 1.92. The van der Waals surface area contributed by atoms with Crippen molar-refractivity contribution in [2.45, 2.75) is 19.3 Å². The van der Waals surface area contributed by atoms with Crippen LogP contribution in [0.15, 0.2) is 5.29 Å². The van der Waals surface area contributed by atoms with Gasteiger partial charge in [-0.2, -0.15) is 0 Å². The van der Waals surface area contributed by atoms with Crippen LogP contribution >= 0.6 is 0 Å². The molecule has 0 radical (unpaired) electrons. The van der Waals surface area contributed by atoms with Gasteiger partial charge in [-0.3, -0.25) is 5.01 Å². The van der Waals surface area contributed by atoms with E-state index in [0.29, 0.717) is 6.54 Å². The quantitative estimate of drug-likeness (QED) is 0.342. The molecule has 0 aliphatic heterocycles. The predicted octanol–water partition coefficient (Wildman–Crippen LogP) is 0.762. The largest absolute Gasteiger partial charge is 0.396 e. The van der Waals surface area contributed by atoms with Crippen LogP contribution in [0, 0.1) is 4.91 Å². The normalized spacial score (nSPS) is 9.40. The van der Waals surface area contributed by atoms with Crippen molar-refractivity contribution in [3.05, 3.63) is 4.91 Å². The molecule has 0 rings (SSSR count). The third-order valence-electron chi connectivity index (χ3n) is 1.28. The molecule has 0 aromatic carbocycles. The summed E-state index contributed by atoms with van der Waals surface area (Å²) in [6, 6.07) is 0. The second-order valence-corrected chi connectivity index (χ2v) is 2.25. The molecule has 0 amide bonds. The van der Waals surface area contributed by atoms with Gasteiger partial charge in [-0.25, -0.2) is 0 Å². The number of rotatable bonds is 6. The SMILES string of the molecule is CN(CCCCCO)N=O. The minimum Gasteiger partial charge on any atom is -0.396 e. The molecule has 1 N–H and O–H groups in total. The topological polar surface area (TPSA) is 52.9 Å². The summed E-state index contributed by atoms with van der Waals surface area (Å²) in [4.78, 5) is 9.80. The molecule has 0 spiro atoms. The van der Waals surface area contributed by atoms with E-state index in [1.165, 1.54) is 5.01 Å². The van der Waals surface area contributed by atoms with Gasteiger partial charge in [-0.1, -0.05) is 0 Å². The van der Waals surface area contributed by atoms with E-state index >= 15 is 0 Å². The smallest absolute Gasteiger partial charge is 0.0521 e. The second kappa shape index (κ2) is 6.48. The Morgan fingerprint density at radius 2 is 2.10 bits per heavy atom. The van der Waals surface area contributed by atoms with Crippen molar-refractivity contribution < 1.29 is 5.11 Å². The lowest BCUT2D eigenvalue weighted by atomic mass is 10.2. The van der Waals surface area contributed by atoms with Gasteiger partial charge >= 0.3 is 0 Å². The Bertz CT molecular complexity index is 87.8. The van der Waals surface area contributed by atoms with Crippen LogP contribution in [0.2, 0.25) is 0 Å². The number of nitroso groups, excluding NO2 is 1. The molecule has 60 valence electrons. The van der Waals surface area contributed by atoms with Crippen molar-refractivity contribution in [3.8, 4) is 0 Å². The highest BCUT2D eigenvalue weighted by Crippen LogP contribution is 1.95. The van der Waals surface area contributed by atoms with Gasteiger partial charge in [0.15, 0.2) is 0 Å². The van der Waals surface area contributed by atoms with E-state index in [9.17, 15) is 4.91 Å². The molecule has 0 aliphatic carbocycles. The van der Waals surface area contributed by atoms with Crippen LogP contribution in [0.1, 0.15) is 19.3 Å². The van der Waals surface area contributed by atoms with Crippen LogP contribution in [-0.2, 0) is 0 Å². The van der Waals surface area contributed by atoms with Crippen molar-refractivity contribution in [2.75, 3.05) is 20.2 Å². The van der Waals surface area contributed by atoms with Crippen LogP contribution < -0.4 is 0 Å². The van der Waals surface area contributed by atoms with Gasteiger partial charge in [0.05, 0.1) is 5.29 Å². The summed E-state index contributed by atoms with van der Waals surface area (Å²) >= 11 is 0. The van der Waals surface area contributed by atoms with Crippen molar-refractivity contribution in [1.29, 1.82) is 0 Å². The van der Waals surface area contributed by atoms with Gasteiger partial charge in [0.1, 0.15) is 0 Å². The molecule has 0 aromatic rings. The maximum atomic E-state index is 9.80. The first-order chi connectivity index (χ1) is 4.81. The zero-order valence-corrected chi connectivity index (χ0v) is 6.29. The molecule has 0 bridgehead atoms. The standard InChI is InChI=1S/C6H14N2O2/c1-8(7-10)5-3-2-4-6-9/h9H,2-6H2,1H3. The highest BCUT2D eigenvalue weighted by atomic mass is 16.3. The van der Waals surface area contributed by atoms with E-state index in [4.69, 9.17) is 5.11 Å². The Morgan fingerprint density at radius 3 is 2.60 bits per heavy atom. The molecule has 0 atom stereocenters. The first-order valence-corrected chi connectivity index (χ1v) is 3.46. The average Bonchev–Trinajstić information content (AvgIpc) is 1.98. The Morgan fingerprint density at radius 1 is 1.40 bits per heavy atom. The van der Waals surface area contributed by atoms with E-state index in [1.54, 1.807) is 7.05 Å².